The van der Waals surface area contributed by atoms with E-state index in [0.29, 0.717) is 0 Å². The van der Waals surface area contributed by atoms with Crippen molar-refractivity contribution in [2.45, 2.75) is 20.3 Å². The van der Waals surface area contributed by atoms with Gasteiger partial charge in [0.25, 0.3) is 0 Å². The molecule has 0 aliphatic heterocycles. The first-order chi connectivity index (χ1) is 10.3. The molecule has 0 fully saturated rings. The van der Waals surface area contributed by atoms with E-state index in [1.54, 1.807) is 6.92 Å². The maximum absolute atomic E-state index is 4.60. The highest BCUT2D eigenvalue weighted by atomic mass is 14.0. The Labute approximate surface area is 128 Å². The Bertz CT molecular complexity index is 595. The fourth-order valence-electron chi connectivity index (χ4n) is 1.83. The highest BCUT2D eigenvalue weighted by molar-refractivity contribution is 5.64. The minimum absolute atomic E-state index is 0.986. The van der Waals surface area contributed by atoms with Crippen molar-refractivity contribution in [3.05, 3.63) is 90.0 Å². The molecule has 0 bridgehead atoms. The van der Waals surface area contributed by atoms with Crippen LogP contribution < -0.4 is 0 Å². The van der Waals surface area contributed by atoms with Crippen LogP contribution in [0.25, 0.3) is 5.57 Å². The van der Waals surface area contributed by atoms with Gasteiger partial charge >= 0.3 is 0 Å². The molecule has 0 aromatic heterocycles. The van der Waals surface area contributed by atoms with E-state index in [-0.39, 0.29) is 0 Å². The Morgan fingerprint density at radius 3 is 2.10 bits per heavy atom. The first-order valence-electron chi connectivity index (χ1n) is 7.08. The molecule has 0 N–H and O–H groups in total. The molecule has 2 aromatic rings. The van der Waals surface area contributed by atoms with Crippen LogP contribution in [-0.2, 0) is 6.42 Å². The SMILES string of the molecule is C#CC.C/C(=C\C=C/Cc1ccccc1)c1ccccc1. The van der Waals surface area contributed by atoms with Crippen LogP contribution in [0.15, 0.2) is 78.9 Å². The predicted octanol–water partition coefficient (Wildman–Crippen LogP) is 5.53. The van der Waals surface area contributed by atoms with Gasteiger partial charge in [-0.25, -0.2) is 0 Å². The van der Waals surface area contributed by atoms with Gasteiger partial charge in [0.2, 0.25) is 0 Å². The van der Waals surface area contributed by atoms with Crippen LogP contribution in [0.2, 0.25) is 0 Å². The molecule has 0 saturated carbocycles. The van der Waals surface area contributed by atoms with Crippen LogP contribution >= 0.6 is 0 Å². The molecule has 0 heteroatoms. The summed E-state index contributed by atoms with van der Waals surface area (Å²) in [6, 6.07) is 21.0. The van der Waals surface area contributed by atoms with E-state index < -0.39 is 0 Å². The molecular weight excluding hydrogens is 252 g/mol. The molecule has 0 radical (unpaired) electrons. The molecule has 0 spiro atoms. The van der Waals surface area contributed by atoms with Crippen LogP contribution in [0.5, 0.6) is 0 Å². The summed E-state index contributed by atoms with van der Waals surface area (Å²) in [6.07, 6.45) is 12.1. The van der Waals surface area contributed by atoms with Gasteiger partial charge in [-0.2, -0.15) is 0 Å². The largest absolute Gasteiger partial charge is 0.120 e. The van der Waals surface area contributed by atoms with Crippen LogP contribution in [0.3, 0.4) is 0 Å². The maximum Gasteiger partial charge on any atom is -0.00297 e. The zero-order valence-corrected chi connectivity index (χ0v) is 12.8. The van der Waals surface area contributed by atoms with Gasteiger partial charge < -0.3 is 0 Å². The third-order valence-electron chi connectivity index (χ3n) is 2.91. The van der Waals surface area contributed by atoms with Crippen LogP contribution in [0.1, 0.15) is 25.0 Å². The monoisotopic (exact) mass is 274 g/mol. The summed E-state index contributed by atoms with van der Waals surface area (Å²) in [7, 11) is 0. The van der Waals surface area contributed by atoms with E-state index in [9.17, 15) is 0 Å². The molecule has 21 heavy (non-hydrogen) atoms. The molecular formula is C21H22. The molecule has 0 atom stereocenters. The van der Waals surface area contributed by atoms with Gasteiger partial charge in [0.15, 0.2) is 0 Å². The third kappa shape index (κ3) is 6.99. The van der Waals surface area contributed by atoms with Gasteiger partial charge in [0.1, 0.15) is 0 Å². The molecule has 0 unspecified atom stereocenters. The van der Waals surface area contributed by atoms with Crippen molar-refractivity contribution in [2.24, 2.45) is 0 Å². The Morgan fingerprint density at radius 2 is 1.52 bits per heavy atom. The first kappa shape index (κ1) is 16.5. The average Bonchev–Trinajstić information content (AvgIpc) is 2.54. The Kier molecular flexibility index (Phi) is 8.10. The highest BCUT2D eigenvalue weighted by Crippen LogP contribution is 2.12. The van der Waals surface area contributed by atoms with Crippen molar-refractivity contribution in [3.8, 4) is 12.3 Å². The molecule has 0 saturated heterocycles. The number of rotatable bonds is 4. The standard InChI is InChI=1S/C18H18.C3H4/c1-16(18-14-6-3-7-15-18)10-8-9-13-17-11-4-2-5-12-17;1-3-2/h2-12,14-15H,13H2,1H3;1H,2H3/b9-8-,16-10+;. The van der Waals surface area contributed by atoms with Crippen molar-refractivity contribution in [1.29, 1.82) is 0 Å². The molecule has 0 aliphatic carbocycles. The van der Waals surface area contributed by atoms with Crippen LogP contribution in [0.4, 0.5) is 0 Å². The summed E-state index contributed by atoms with van der Waals surface area (Å²) in [5, 5.41) is 0. The molecule has 0 heterocycles. The van der Waals surface area contributed by atoms with E-state index in [4.69, 9.17) is 0 Å². The number of hydrogen-bond donors (Lipinski definition) is 0. The van der Waals surface area contributed by atoms with E-state index >= 15 is 0 Å². The highest BCUT2D eigenvalue weighted by Gasteiger charge is 1.91. The van der Waals surface area contributed by atoms with Gasteiger partial charge in [0, 0.05) is 0 Å². The van der Waals surface area contributed by atoms with E-state index in [2.05, 4.69) is 86.0 Å². The number of benzene rings is 2. The zero-order valence-electron chi connectivity index (χ0n) is 12.8. The van der Waals surface area contributed by atoms with Crippen LogP contribution in [0, 0.1) is 12.3 Å². The normalized spacial score (nSPS) is 10.6. The van der Waals surface area contributed by atoms with Crippen molar-refractivity contribution < 1.29 is 0 Å². The quantitative estimate of drug-likeness (QED) is 0.508. The number of terminal acetylenes is 1. The second kappa shape index (κ2) is 10.3. The van der Waals surface area contributed by atoms with E-state index in [1.165, 1.54) is 16.7 Å². The fraction of sp³-hybridized carbons (Fsp3) is 0.143. The second-order valence-corrected chi connectivity index (χ2v) is 4.62. The van der Waals surface area contributed by atoms with E-state index in [1.807, 2.05) is 12.1 Å². The maximum atomic E-state index is 4.60. The third-order valence-corrected chi connectivity index (χ3v) is 2.91. The van der Waals surface area contributed by atoms with Gasteiger partial charge in [0.05, 0.1) is 0 Å². The van der Waals surface area contributed by atoms with Gasteiger partial charge in [-0.3, -0.25) is 0 Å². The first-order valence-corrected chi connectivity index (χ1v) is 7.08. The summed E-state index contributed by atoms with van der Waals surface area (Å²) in [5.74, 6) is 2.25. The fourth-order valence-corrected chi connectivity index (χ4v) is 1.83. The molecule has 2 rings (SSSR count). The van der Waals surface area contributed by atoms with Crippen molar-refractivity contribution in [1.82, 2.24) is 0 Å². The molecule has 2 aromatic carbocycles. The van der Waals surface area contributed by atoms with Crippen LogP contribution in [-0.4, -0.2) is 0 Å². The number of hydrogen-bond acceptors (Lipinski definition) is 0. The summed E-state index contributed by atoms with van der Waals surface area (Å²) in [5.41, 5.74) is 3.92. The summed E-state index contributed by atoms with van der Waals surface area (Å²) < 4.78 is 0. The summed E-state index contributed by atoms with van der Waals surface area (Å²) in [4.78, 5) is 0. The average molecular weight is 274 g/mol. The minimum Gasteiger partial charge on any atom is -0.120 e. The lowest BCUT2D eigenvalue weighted by Gasteiger charge is -1.98. The lowest BCUT2D eigenvalue weighted by molar-refractivity contribution is 1.27. The summed E-state index contributed by atoms with van der Waals surface area (Å²) in [6.45, 7) is 3.79. The lowest BCUT2D eigenvalue weighted by Crippen LogP contribution is -1.79. The Morgan fingerprint density at radius 1 is 1.00 bits per heavy atom. The molecule has 0 nitrogen and oxygen atoms in total. The molecule has 0 amide bonds. The Balaban J connectivity index is 0.000000677. The molecule has 0 aliphatic rings. The lowest BCUT2D eigenvalue weighted by atomic mass is 10.1. The van der Waals surface area contributed by atoms with Gasteiger partial charge in [-0.15, -0.1) is 12.3 Å². The molecule has 106 valence electrons. The van der Waals surface area contributed by atoms with Gasteiger partial charge in [-0.05, 0) is 37.0 Å². The van der Waals surface area contributed by atoms with E-state index in [0.717, 1.165) is 6.42 Å². The smallest absolute Gasteiger partial charge is 0.00297 e. The van der Waals surface area contributed by atoms with Crippen molar-refractivity contribution in [3.63, 3.8) is 0 Å². The van der Waals surface area contributed by atoms with Gasteiger partial charge in [-0.1, -0.05) is 78.9 Å². The summed E-state index contributed by atoms with van der Waals surface area (Å²) >= 11 is 0. The zero-order chi connectivity index (χ0) is 15.3. The minimum atomic E-state index is 0.986. The second-order valence-electron chi connectivity index (χ2n) is 4.62. The van der Waals surface area contributed by atoms with Crippen molar-refractivity contribution in [2.75, 3.05) is 0 Å². The Hall–Kier alpha value is -2.52. The predicted molar refractivity (Wildman–Crippen MR) is 93.9 cm³/mol. The topological polar surface area (TPSA) is 0 Å². The number of allylic oxidation sites excluding steroid dienone is 4. The van der Waals surface area contributed by atoms with Crippen molar-refractivity contribution >= 4 is 5.57 Å².